The van der Waals surface area contributed by atoms with Gasteiger partial charge in [-0.05, 0) is 31.0 Å². The minimum Gasteiger partial charge on any atom is -0.497 e. The average Bonchev–Trinajstić information content (AvgIpc) is 2.51. The summed E-state index contributed by atoms with van der Waals surface area (Å²) in [5.74, 6) is 2.45. The number of benzene rings is 1. The first-order valence-corrected chi connectivity index (χ1v) is 7.41. The van der Waals surface area contributed by atoms with E-state index in [1.807, 2.05) is 26.0 Å². The number of anilines is 1. The van der Waals surface area contributed by atoms with Crippen molar-refractivity contribution < 1.29 is 4.74 Å². The number of halogens is 1. The zero-order valence-corrected chi connectivity index (χ0v) is 13.4. The first kappa shape index (κ1) is 15.6. The molecule has 0 saturated heterocycles. The van der Waals surface area contributed by atoms with Crippen molar-refractivity contribution in [2.75, 3.05) is 19.0 Å². The SMILES string of the molecule is CCc1nc(Cl)c(C)c(NCCc2ccc(OC)cc2)n1. The van der Waals surface area contributed by atoms with Gasteiger partial charge in [0.15, 0.2) is 0 Å². The highest BCUT2D eigenvalue weighted by Crippen LogP contribution is 2.20. The Morgan fingerprint density at radius 3 is 2.52 bits per heavy atom. The number of ether oxygens (including phenoxy) is 1. The molecule has 1 aromatic heterocycles. The second-order valence-corrected chi connectivity index (χ2v) is 5.14. The molecule has 21 heavy (non-hydrogen) atoms. The summed E-state index contributed by atoms with van der Waals surface area (Å²) in [6.07, 6.45) is 1.68. The lowest BCUT2D eigenvalue weighted by atomic mass is 10.1. The molecule has 2 rings (SSSR count). The number of methoxy groups -OCH3 is 1. The Bertz CT molecular complexity index is 599. The summed E-state index contributed by atoms with van der Waals surface area (Å²) in [6.45, 7) is 4.74. The van der Waals surface area contributed by atoms with E-state index in [1.165, 1.54) is 5.56 Å². The molecular weight excluding hydrogens is 286 g/mol. The molecule has 0 aliphatic heterocycles. The maximum atomic E-state index is 6.12. The number of hydrogen-bond donors (Lipinski definition) is 1. The predicted octanol–water partition coefficient (Wildman–Crippen LogP) is 3.66. The van der Waals surface area contributed by atoms with Gasteiger partial charge in [0.05, 0.1) is 7.11 Å². The molecule has 1 aromatic carbocycles. The maximum Gasteiger partial charge on any atom is 0.137 e. The quantitative estimate of drug-likeness (QED) is 0.827. The van der Waals surface area contributed by atoms with Gasteiger partial charge in [0.25, 0.3) is 0 Å². The van der Waals surface area contributed by atoms with Crippen molar-refractivity contribution >= 4 is 17.4 Å². The molecule has 4 nitrogen and oxygen atoms in total. The zero-order chi connectivity index (χ0) is 15.2. The van der Waals surface area contributed by atoms with Crippen molar-refractivity contribution in [2.24, 2.45) is 0 Å². The third-order valence-corrected chi connectivity index (χ3v) is 3.68. The van der Waals surface area contributed by atoms with Crippen LogP contribution in [0.2, 0.25) is 5.15 Å². The molecule has 2 aromatic rings. The van der Waals surface area contributed by atoms with Crippen LogP contribution in [-0.2, 0) is 12.8 Å². The Labute approximate surface area is 130 Å². The van der Waals surface area contributed by atoms with Crippen LogP contribution in [0.3, 0.4) is 0 Å². The van der Waals surface area contributed by atoms with E-state index in [0.29, 0.717) is 5.15 Å². The summed E-state index contributed by atoms with van der Waals surface area (Å²) in [5.41, 5.74) is 2.14. The molecule has 0 amide bonds. The molecule has 0 aliphatic carbocycles. The molecule has 0 fully saturated rings. The van der Waals surface area contributed by atoms with Gasteiger partial charge in [0.1, 0.15) is 22.5 Å². The molecular formula is C16H20ClN3O. The first-order valence-electron chi connectivity index (χ1n) is 7.03. The highest BCUT2D eigenvalue weighted by atomic mass is 35.5. The fourth-order valence-corrected chi connectivity index (χ4v) is 2.17. The van der Waals surface area contributed by atoms with Gasteiger partial charge in [-0.1, -0.05) is 30.7 Å². The Balaban J connectivity index is 1.98. The summed E-state index contributed by atoms with van der Waals surface area (Å²) < 4.78 is 5.15. The van der Waals surface area contributed by atoms with Crippen LogP contribution in [0.25, 0.3) is 0 Å². The fourth-order valence-electron chi connectivity index (χ4n) is 1.98. The van der Waals surface area contributed by atoms with Crippen molar-refractivity contribution in [1.29, 1.82) is 0 Å². The van der Waals surface area contributed by atoms with E-state index in [-0.39, 0.29) is 0 Å². The lowest BCUT2D eigenvalue weighted by Crippen LogP contribution is -2.10. The van der Waals surface area contributed by atoms with Gasteiger partial charge in [0, 0.05) is 18.5 Å². The highest BCUT2D eigenvalue weighted by molar-refractivity contribution is 6.30. The van der Waals surface area contributed by atoms with Crippen LogP contribution in [0, 0.1) is 6.92 Å². The molecule has 0 atom stereocenters. The number of nitrogens with zero attached hydrogens (tertiary/aromatic N) is 2. The minimum absolute atomic E-state index is 0.522. The third-order valence-electron chi connectivity index (χ3n) is 3.31. The number of aryl methyl sites for hydroxylation is 1. The number of rotatable bonds is 6. The molecule has 0 bridgehead atoms. The lowest BCUT2D eigenvalue weighted by Gasteiger charge is -2.11. The van der Waals surface area contributed by atoms with Crippen molar-refractivity contribution in [2.45, 2.75) is 26.7 Å². The summed E-state index contributed by atoms with van der Waals surface area (Å²) in [4.78, 5) is 8.72. The van der Waals surface area contributed by atoms with Gasteiger partial charge in [-0.25, -0.2) is 9.97 Å². The lowest BCUT2D eigenvalue weighted by molar-refractivity contribution is 0.414. The van der Waals surface area contributed by atoms with Crippen molar-refractivity contribution in [3.8, 4) is 5.75 Å². The van der Waals surface area contributed by atoms with Crippen molar-refractivity contribution in [1.82, 2.24) is 9.97 Å². The van der Waals surface area contributed by atoms with Crippen LogP contribution in [0.1, 0.15) is 23.9 Å². The Morgan fingerprint density at radius 2 is 1.90 bits per heavy atom. The van der Waals surface area contributed by atoms with Gasteiger partial charge in [-0.3, -0.25) is 0 Å². The first-order chi connectivity index (χ1) is 10.1. The minimum atomic E-state index is 0.522. The van der Waals surface area contributed by atoms with Gasteiger partial charge < -0.3 is 10.1 Å². The van der Waals surface area contributed by atoms with E-state index >= 15 is 0 Å². The van der Waals surface area contributed by atoms with E-state index < -0.39 is 0 Å². The second-order valence-electron chi connectivity index (χ2n) is 4.78. The maximum absolute atomic E-state index is 6.12. The third kappa shape index (κ3) is 4.08. The van der Waals surface area contributed by atoms with E-state index in [9.17, 15) is 0 Å². The topological polar surface area (TPSA) is 47.0 Å². The molecule has 0 aliphatic rings. The predicted molar refractivity (Wildman–Crippen MR) is 86.3 cm³/mol. The Kier molecular flexibility index (Phi) is 5.39. The van der Waals surface area contributed by atoms with Gasteiger partial charge in [0.2, 0.25) is 0 Å². The molecule has 112 valence electrons. The zero-order valence-electron chi connectivity index (χ0n) is 12.6. The molecule has 1 heterocycles. The van der Waals surface area contributed by atoms with E-state index in [1.54, 1.807) is 7.11 Å². The smallest absolute Gasteiger partial charge is 0.137 e. The number of hydrogen-bond acceptors (Lipinski definition) is 4. The molecule has 0 unspecified atom stereocenters. The van der Waals surface area contributed by atoms with Crippen molar-refractivity contribution in [3.63, 3.8) is 0 Å². The summed E-state index contributed by atoms with van der Waals surface area (Å²) in [7, 11) is 1.67. The molecule has 1 N–H and O–H groups in total. The van der Waals surface area contributed by atoms with Crippen LogP contribution in [0.15, 0.2) is 24.3 Å². The molecule has 0 spiro atoms. The summed E-state index contributed by atoms with van der Waals surface area (Å²) in [6, 6.07) is 8.07. The second kappa shape index (κ2) is 7.27. The monoisotopic (exact) mass is 305 g/mol. The summed E-state index contributed by atoms with van der Waals surface area (Å²) >= 11 is 6.12. The van der Waals surface area contributed by atoms with Crippen LogP contribution in [0.4, 0.5) is 5.82 Å². The molecule has 0 radical (unpaired) electrons. The Morgan fingerprint density at radius 1 is 1.19 bits per heavy atom. The van der Waals surface area contributed by atoms with Gasteiger partial charge >= 0.3 is 0 Å². The fraction of sp³-hybridized carbons (Fsp3) is 0.375. The van der Waals surface area contributed by atoms with Crippen LogP contribution in [-0.4, -0.2) is 23.6 Å². The molecule has 5 heteroatoms. The normalized spacial score (nSPS) is 10.5. The largest absolute Gasteiger partial charge is 0.497 e. The van der Waals surface area contributed by atoms with E-state index in [2.05, 4.69) is 27.4 Å². The highest BCUT2D eigenvalue weighted by Gasteiger charge is 2.08. The van der Waals surface area contributed by atoms with Crippen LogP contribution >= 0.6 is 11.6 Å². The Hall–Kier alpha value is -1.81. The number of nitrogens with one attached hydrogen (secondary N) is 1. The standard InChI is InChI=1S/C16H20ClN3O/c1-4-14-19-15(17)11(2)16(20-14)18-10-9-12-5-7-13(21-3)8-6-12/h5-8H,4,9-10H2,1-3H3,(H,18,19,20). The van der Waals surface area contributed by atoms with Crippen molar-refractivity contribution in [3.05, 3.63) is 46.4 Å². The van der Waals surface area contributed by atoms with E-state index in [4.69, 9.17) is 16.3 Å². The van der Waals surface area contributed by atoms with Crippen LogP contribution < -0.4 is 10.1 Å². The van der Waals surface area contributed by atoms with Gasteiger partial charge in [-0.15, -0.1) is 0 Å². The summed E-state index contributed by atoms with van der Waals surface area (Å²) in [5, 5.41) is 3.86. The molecule has 0 saturated carbocycles. The van der Waals surface area contributed by atoms with Crippen LogP contribution in [0.5, 0.6) is 5.75 Å². The average molecular weight is 306 g/mol. The van der Waals surface area contributed by atoms with E-state index in [0.717, 1.165) is 42.3 Å². The van der Waals surface area contributed by atoms with Gasteiger partial charge in [-0.2, -0.15) is 0 Å². The number of aromatic nitrogens is 2.